The summed E-state index contributed by atoms with van der Waals surface area (Å²) in [5.41, 5.74) is 4.16. The highest BCUT2D eigenvalue weighted by atomic mass is 16.1. The van der Waals surface area contributed by atoms with Crippen LogP contribution in [0, 0.1) is 20.8 Å². The molecule has 17 heavy (non-hydrogen) atoms. The van der Waals surface area contributed by atoms with Crippen molar-refractivity contribution >= 4 is 0 Å². The van der Waals surface area contributed by atoms with Crippen molar-refractivity contribution in [1.82, 2.24) is 9.78 Å². The lowest BCUT2D eigenvalue weighted by atomic mass is 10.1. The maximum Gasteiger partial charge on any atom is 0.271 e. The molecule has 1 aromatic heterocycles. The van der Waals surface area contributed by atoms with Crippen LogP contribution in [0.2, 0.25) is 0 Å². The summed E-state index contributed by atoms with van der Waals surface area (Å²) in [6.07, 6.45) is 0. The highest BCUT2D eigenvalue weighted by Crippen LogP contribution is 2.11. The summed E-state index contributed by atoms with van der Waals surface area (Å²) in [5.74, 6) is 0. The fraction of sp³-hybridized carbons (Fsp3) is 0.357. The molecule has 0 aliphatic carbocycles. The topological polar surface area (TPSA) is 37.8 Å². The minimum absolute atomic E-state index is 0.0178. The monoisotopic (exact) mass is 232 g/mol. The quantitative estimate of drug-likeness (QED) is 0.806. The molecule has 0 saturated carbocycles. The first-order valence-electron chi connectivity index (χ1n) is 5.94. The SMILES string of the molecule is CC.Cc1cc(=O)n(-c2ccc(C)c(C)c2)[nH]1. The van der Waals surface area contributed by atoms with E-state index < -0.39 is 0 Å². The Balaban J connectivity index is 0.000000686. The highest BCUT2D eigenvalue weighted by molar-refractivity contribution is 5.39. The molecule has 0 saturated heterocycles. The van der Waals surface area contributed by atoms with Crippen LogP contribution in [0.15, 0.2) is 29.1 Å². The van der Waals surface area contributed by atoms with Crippen molar-refractivity contribution in [3.05, 3.63) is 51.4 Å². The lowest BCUT2D eigenvalue weighted by Crippen LogP contribution is -2.13. The number of hydrogen-bond acceptors (Lipinski definition) is 1. The Kier molecular flexibility index (Phi) is 4.32. The molecule has 3 heteroatoms. The van der Waals surface area contributed by atoms with Gasteiger partial charge in [-0.1, -0.05) is 19.9 Å². The maximum atomic E-state index is 11.6. The van der Waals surface area contributed by atoms with Gasteiger partial charge in [-0.15, -0.1) is 0 Å². The molecular formula is C14H20N2O. The number of aromatic nitrogens is 2. The van der Waals surface area contributed by atoms with Crippen LogP contribution in [-0.4, -0.2) is 9.78 Å². The third-order valence-corrected chi connectivity index (χ3v) is 2.60. The number of aryl methyl sites for hydroxylation is 3. The zero-order chi connectivity index (χ0) is 13.0. The predicted octanol–water partition coefficient (Wildman–Crippen LogP) is 3.12. The Morgan fingerprint density at radius 1 is 1.00 bits per heavy atom. The van der Waals surface area contributed by atoms with Crippen molar-refractivity contribution in [3.8, 4) is 5.69 Å². The van der Waals surface area contributed by atoms with E-state index in [0.29, 0.717) is 0 Å². The van der Waals surface area contributed by atoms with Crippen LogP contribution in [0.5, 0.6) is 0 Å². The average molecular weight is 232 g/mol. The van der Waals surface area contributed by atoms with Crippen LogP contribution in [0.25, 0.3) is 5.69 Å². The van der Waals surface area contributed by atoms with Gasteiger partial charge in [-0.05, 0) is 44.0 Å². The molecular weight excluding hydrogens is 212 g/mol. The van der Waals surface area contributed by atoms with Crippen LogP contribution in [0.1, 0.15) is 30.7 Å². The van der Waals surface area contributed by atoms with E-state index in [1.165, 1.54) is 11.1 Å². The van der Waals surface area contributed by atoms with Crippen molar-refractivity contribution in [3.63, 3.8) is 0 Å². The largest absolute Gasteiger partial charge is 0.295 e. The van der Waals surface area contributed by atoms with E-state index in [0.717, 1.165) is 11.4 Å². The van der Waals surface area contributed by atoms with Crippen molar-refractivity contribution in [2.75, 3.05) is 0 Å². The summed E-state index contributed by atoms with van der Waals surface area (Å²) < 4.78 is 1.56. The van der Waals surface area contributed by atoms with Crippen LogP contribution in [0.4, 0.5) is 0 Å². The molecule has 1 aromatic carbocycles. The molecule has 2 rings (SSSR count). The van der Waals surface area contributed by atoms with E-state index in [2.05, 4.69) is 12.0 Å². The Morgan fingerprint density at radius 2 is 1.65 bits per heavy atom. The van der Waals surface area contributed by atoms with Gasteiger partial charge >= 0.3 is 0 Å². The van der Waals surface area contributed by atoms with E-state index in [4.69, 9.17) is 0 Å². The molecule has 1 N–H and O–H groups in total. The number of rotatable bonds is 1. The Bertz CT molecular complexity index is 550. The molecule has 0 aliphatic rings. The first kappa shape index (κ1) is 13.3. The third kappa shape index (κ3) is 2.87. The van der Waals surface area contributed by atoms with Gasteiger partial charge in [0.15, 0.2) is 0 Å². The summed E-state index contributed by atoms with van der Waals surface area (Å²) in [6, 6.07) is 7.56. The van der Waals surface area contributed by atoms with Gasteiger partial charge in [0, 0.05) is 11.8 Å². The van der Waals surface area contributed by atoms with Crippen molar-refractivity contribution < 1.29 is 0 Å². The minimum atomic E-state index is -0.0178. The normalized spacial score (nSPS) is 9.71. The lowest BCUT2D eigenvalue weighted by Gasteiger charge is -2.05. The second kappa shape index (κ2) is 5.53. The highest BCUT2D eigenvalue weighted by Gasteiger charge is 2.03. The molecule has 0 unspecified atom stereocenters. The molecule has 0 atom stereocenters. The average Bonchev–Trinajstić information content (AvgIpc) is 2.65. The molecule has 3 nitrogen and oxygen atoms in total. The summed E-state index contributed by atoms with van der Waals surface area (Å²) in [4.78, 5) is 11.6. The van der Waals surface area contributed by atoms with Gasteiger partial charge < -0.3 is 0 Å². The van der Waals surface area contributed by atoms with Crippen LogP contribution in [-0.2, 0) is 0 Å². The smallest absolute Gasteiger partial charge is 0.271 e. The Labute approximate surface area is 102 Å². The van der Waals surface area contributed by atoms with Gasteiger partial charge in [-0.3, -0.25) is 9.89 Å². The van der Waals surface area contributed by atoms with Gasteiger partial charge in [-0.25, -0.2) is 4.68 Å². The molecule has 1 heterocycles. The molecule has 0 aliphatic heterocycles. The fourth-order valence-electron chi connectivity index (χ4n) is 1.57. The van der Waals surface area contributed by atoms with Gasteiger partial charge in [-0.2, -0.15) is 0 Å². The molecule has 0 fully saturated rings. The number of benzene rings is 1. The van der Waals surface area contributed by atoms with Gasteiger partial charge in [0.25, 0.3) is 5.56 Å². The number of nitrogens with zero attached hydrogens (tertiary/aromatic N) is 1. The number of hydrogen-bond donors (Lipinski definition) is 1. The summed E-state index contributed by atoms with van der Waals surface area (Å²) in [7, 11) is 0. The molecule has 0 bridgehead atoms. The standard InChI is InChI=1S/C12H14N2O.C2H6/c1-8-4-5-11(6-9(8)2)14-12(15)7-10(3)13-14;1-2/h4-7,13H,1-3H3;1-2H3. The van der Waals surface area contributed by atoms with Gasteiger partial charge in [0.2, 0.25) is 0 Å². The molecule has 0 spiro atoms. The lowest BCUT2D eigenvalue weighted by molar-refractivity contribution is 0.833. The van der Waals surface area contributed by atoms with Crippen LogP contribution < -0.4 is 5.56 Å². The van der Waals surface area contributed by atoms with E-state index in [1.807, 2.05) is 45.9 Å². The second-order valence-electron chi connectivity index (χ2n) is 3.88. The van der Waals surface area contributed by atoms with E-state index in [-0.39, 0.29) is 5.56 Å². The van der Waals surface area contributed by atoms with Crippen molar-refractivity contribution in [2.24, 2.45) is 0 Å². The number of nitrogens with one attached hydrogen (secondary N) is 1. The third-order valence-electron chi connectivity index (χ3n) is 2.60. The zero-order valence-electron chi connectivity index (χ0n) is 11.2. The first-order valence-corrected chi connectivity index (χ1v) is 5.94. The van der Waals surface area contributed by atoms with Gasteiger partial charge in [0.05, 0.1) is 5.69 Å². The maximum absolute atomic E-state index is 11.6. The molecule has 92 valence electrons. The molecule has 0 amide bonds. The molecule has 2 aromatic rings. The van der Waals surface area contributed by atoms with Crippen molar-refractivity contribution in [1.29, 1.82) is 0 Å². The number of H-pyrrole nitrogens is 1. The first-order chi connectivity index (χ1) is 8.08. The van der Waals surface area contributed by atoms with Gasteiger partial charge in [0.1, 0.15) is 0 Å². The Morgan fingerprint density at radius 3 is 2.12 bits per heavy atom. The van der Waals surface area contributed by atoms with E-state index in [9.17, 15) is 4.79 Å². The zero-order valence-corrected chi connectivity index (χ0v) is 11.2. The summed E-state index contributed by atoms with van der Waals surface area (Å²) in [6.45, 7) is 9.97. The summed E-state index contributed by atoms with van der Waals surface area (Å²) >= 11 is 0. The second-order valence-corrected chi connectivity index (χ2v) is 3.88. The number of aromatic amines is 1. The van der Waals surface area contributed by atoms with Crippen molar-refractivity contribution in [2.45, 2.75) is 34.6 Å². The Hall–Kier alpha value is -1.77. The fourth-order valence-corrected chi connectivity index (χ4v) is 1.57. The molecule has 0 radical (unpaired) electrons. The van der Waals surface area contributed by atoms with E-state index in [1.54, 1.807) is 10.7 Å². The van der Waals surface area contributed by atoms with E-state index >= 15 is 0 Å². The minimum Gasteiger partial charge on any atom is -0.295 e. The predicted molar refractivity (Wildman–Crippen MR) is 71.9 cm³/mol. The van der Waals surface area contributed by atoms with Crippen LogP contribution >= 0.6 is 0 Å². The summed E-state index contributed by atoms with van der Waals surface area (Å²) in [5, 5.41) is 3.01. The van der Waals surface area contributed by atoms with Crippen LogP contribution in [0.3, 0.4) is 0 Å².